The number of hydrazone groups is 1. The fourth-order valence-electron chi connectivity index (χ4n) is 2.69. The summed E-state index contributed by atoms with van der Waals surface area (Å²) in [7, 11) is 3.10. The standard InChI is InChI=1S/C21H19BrN2O4/c1-26-18-9-5-7-15(21(18)27-2)12-23-24-19(25)13-28-17-11-10-14-6-3-4-8-16(14)20(17)22/h3-12H,13H2,1-2H3,(H,24,25)/b23-12+. The van der Waals surface area contributed by atoms with Gasteiger partial charge in [0.2, 0.25) is 0 Å². The molecule has 0 spiro atoms. The highest BCUT2D eigenvalue weighted by Gasteiger charge is 2.09. The first-order valence-electron chi connectivity index (χ1n) is 8.47. The predicted octanol–water partition coefficient (Wildman–Crippen LogP) is 4.15. The summed E-state index contributed by atoms with van der Waals surface area (Å²) < 4.78 is 17.0. The van der Waals surface area contributed by atoms with Gasteiger partial charge in [-0.3, -0.25) is 4.79 Å². The SMILES string of the molecule is COc1cccc(/C=N/NC(=O)COc2ccc3ccccc3c2Br)c1OC. The van der Waals surface area contributed by atoms with E-state index in [0.29, 0.717) is 22.8 Å². The summed E-state index contributed by atoms with van der Waals surface area (Å²) in [5, 5.41) is 6.06. The van der Waals surface area contributed by atoms with Gasteiger partial charge in [0.05, 0.1) is 24.9 Å². The van der Waals surface area contributed by atoms with Crippen molar-refractivity contribution in [2.45, 2.75) is 0 Å². The predicted molar refractivity (Wildman–Crippen MR) is 112 cm³/mol. The number of carbonyl (C=O) groups excluding carboxylic acids is 1. The quantitative estimate of drug-likeness (QED) is 0.440. The van der Waals surface area contributed by atoms with Gasteiger partial charge in [0.15, 0.2) is 18.1 Å². The third kappa shape index (κ3) is 4.43. The van der Waals surface area contributed by atoms with Crippen molar-refractivity contribution in [3.63, 3.8) is 0 Å². The Hall–Kier alpha value is -3.06. The van der Waals surface area contributed by atoms with E-state index in [9.17, 15) is 4.79 Å². The maximum absolute atomic E-state index is 12.0. The van der Waals surface area contributed by atoms with E-state index in [1.54, 1.807) is 26.4 Å². The van der Waals surface area contributed by atoms with Gasteiger partial charge in [0, 0.05) is 5.56 Å². The lowest BCUT2D eigenvalue weighted by atomic mass is 10.1. The molecule has 3 aromatic rings. The van der Waals surface area contributed by atoms with Crippen molar-refractivity contribution in [2.75, 3.05) is 20.8 Å². The Morgan fingerprint density at radius 2 is 1.86 bits per heavy atom. The summed E-state index contributed by atoms with van der Waals surface area (Å²) in [4.78, 5) is 12.0. The molecule has 6 nitrogen and oxygen atoms in total. The van der Waals surface area contributed by atoms with Gasteiger partial charge in [-0.2, -0.15) is 5.10 Å². The van der Waals surface area contributed by atoms with Crippen LogP contribution in [0, 0.1) is 0 Å². The molecule has 1 amide bonds. The molecule has 0 aliphatic rings. The van der Waals surface area contributed by atoms with Crippen LogP contribution in [0.15, 0.2) is 64.2 Å². The molecule has 0 saturated carbocycles. The van der Waals surface area contributed by atoms with E-state index >= 15 is 0 Å². The Bertz CT molecular complexity index is 1020. The lowest BCUT2D eigenvalue weighted by molar-refractivity contribution is -0.123. The maximum Gasteiger partial charge on any atom is 0.277 e. The molecule has 0 aliphatic heterocycles. The van der Waals surface area contributed by atoms with Crippen LogP contribution in [0.25, 0.3) is 10.8 Å². The van der Waals surface area contributed by atoms with Gasteiger partial charge in [-0.15, -0.1) is 0 Å². The van der Waals surface area contributed by atoms with Gasteiger partial charge >= 0.3 is 0 Å². The topological polar surface area (TPSA) is 69.2 Å². The van der Waals surface area contributed by atoms with Crippen LogP contribution >= 0.6 is 15.9 Å². The number of para-hydroxylation sites is 1. The molecule has 0 aliphatic carbocycles. The van der Waals surface area contributed by atoms with Crippen molar-refractivity contribution in [3.05, 3.63) is 64.6 Å². The van der Waals surface area contributed by atoms with Crippen LogP contribution in [0.5, 0.6) is 17.2 Å². The number of nitrogens with zero attached hydrogens (tertiary/aromatic N) is 1. The largest absolute Gasteiger partial charge is 0.493 e. The molecule has 7 heteroatoms. The Kier molecular flexibility index (Phi) is 6.49. The number of rotatable bonds is 7. The second-order valence-corrected chi connectivity index (χ2v) is 6.56. The van der Waals surface area contributed by atoms with Crippen molar-refractivity contribution in [1.82, 2.24) is 5.43 Å². The number of benzene rings is 3. The van der Waals surface area contributed by atoms with E-state index in [0.717, 1.165) is 15.2 Å². The van der Waals surface area contributed by atoms with Gasteiger partial charge in [-0.05, 0) is 44.9 Å². The number of nitrogens with one attached hydrogen (secondary N) is 1. The fourth-order valence-corrected chi connectivity index (χ4v) is 3.30. The highest BCUT2D eigenvalue weighted by atomic mass is 79.9. The van der Waals surface area contributed by atoms with Crippen molar-refractivity contribution in [2.24, 2.45) is 5.10 Å². The Labute approximate surface area is 171 Å². The maximum atomic E-state index is 12.0. The fraction of sp³-hybridized carbons (Fsp3) is 0.143. The van der Waals surface area contributed by atoms with Crippen LogP contribution in [0.1, 0.15) is 5.56 Å². The first-order valence-corrected chi connectivity index (χ1v) is 9.26. The molecule has 0 radical (unpaired) electrons. The van der Waals surface area contributed by atoms with Gasteiger partial charge < -0.3 is 14.2 Å². The molecule has 0 saturated heterocycles. The number of methoxy groups -OCH3 is 2. The molecule has 0 atom stereocenters. The monoisotopic (exact) mass is 442 g/mol. The Balaban J connectivity index is 1.61. The van der Waals surface area contributed by atoms with Gasteiger partial charge in [-0.25, -0.2) is 5.43 Å². The molecule has 0 bridgehead atoms. The third-order valence-electron chi connectivity index (χ3n) is 4.01. The molecule has 0 unspecified atom stereocenters. The average molecular weight is 443 g/mol. The molecule has 1 N–H and O–H groups in total. The lowest BCUT2D eigenvalue weighted by Gasteiger charge is -2.10. The number of halogens is 1. The zero-order chi connectivity index (χ0) is 19.9. The lowest BCUT2D eigenvalue weighted by Crippen LogP contribution is -2.24. The first kappa shape index (κ1) is 19.7. The van der Waals surface area contributed by atoms with Crippen molar-refractivity contribution in [3.8, 4) is 17.2 Å². The average Bonchev–Trinajstić information content (AvgIpc) is 2.73. The van der Waals surface area contributed by atoms with Gasteiger partial charge in [0.25, 0.3) is 5.91 Å². The summed E-state index contributed by atoms with van der Waals surface area (Å²) in [6, 6.07) is 17.1. The Morgan fingerprint density at radius 3 is 2.64 bits per heavy atom. The molecule has 28 heavy (non-hydrogen) atoms. The van der Waals surface area contributed by atoms with Crippen LogP contribution in [-0.2, 0) is 4.79 Å². The molecule has 0 fully saturated rings. The smallest absolute Gasteiger partial charge is 0.277 e. The van der Waals surface area contributed by atoms with Crippen molar-refractivity contribution in [1.29, 1.82) is 0 Å². The van der Waals surface area contributed by atoms with E-state index in [-0.39, 0.29) is 12.5 Å². The number of hydrogen-bond donors (Lipinski definition) is 1. The summed E-state index contributed by atoms with van der Waals surface area (Å²) in [6.45, 7) is -0.163. The zero-order valence-electron chi connectivity index (χ0n) is 15.4. The van der Waals surface area contributed by atoms with Crippen molar-refractivity contribution >= 4 is 38.8 Å². The zero-order valence-corrected chi connectivity index (χ0v) is 17.0. The van der Waals surface area contributed by atoms with Crippen LogP contribution in [0.3, 0.4) is 0 Å². The van der Waals surface area contributed by atoms with E-state index in [1.165, 1.54) is 6.21 Å². The molecular formula is C21H19BrN2O4. The van der Waals surface area contributed by atoms with Crippen molar-refractivity contribution < 1.29 is 19.0 Å². The number of hydrogen-bond acceptors (Lipinski definition) is 5. The minimum absolute atomic E-state index is 0.163. The van der Waals surface area contributed by atoms with Gasteiger partial charge in [-0.1, -0.05) is 36.4 Å². The van der Waals surface area contributed by atoms with E-state index in [1.807, 2.05) is 42.5 Å². The minimum Gasteiger partial charge on any atom is -0.493 e. The minimum atomic E-state index is -0.377. The summed E-state index contributed by atoms with van der Waals surface area (Å²) in [5.41, 5.74) is 3.12. The van der Waals surface area contributed by atoms with Gasteiger partial charge in [0.1, 0.15) is 5.75 Å². The molecule has 144 valence electrons. The second-order valence-electron chi connectivity index (χ2n) is 5.76. The van der Waals surface area contributed by atoms with Crippen LogP contribution < -0.4 is 19.6 Å². The van der Waals surface area contributed by atoms with E-state index in [4.69, 9.17) is 14.2 Å². The number of carbonyl (C=O) groups is 1. The number of fused-ring (bicyclic) bond motifs is 1. The first-order chi connectivity index (χ1) is 13.6. The molecule has 0 aromatic heterocycles. The highest BCUT2D eigenvalue weighted by Crippen LogP contribution is 2.33. The van der Waals surface area contributed by atoms with Crippen LogP contribution in [0.2, 0.25) is 0 Å². The van der Waals surface area contributed by atoms with Crippen LogP contribution in [-0.4, -0.2) is 32.9 Å². The number of amides is 1. The molecule has 3 rings (SSSR count). The molecule has 3 aromatic carbocycles. The normalized spacial score (nSPS) is 10.8. The second kappa shape index (κ2) is 9.23. The summed E-state index contributed by atoms with van der Waals surface area (Å²) >= 11 is 3.53. The third-order valence-corrected chi connectivity index (χ3v) is 4.83. The molecule has 0 heterocycles. The van der Waals surface area contributed by atoms with Crippen LogP contribution in [0.4, 0.5) is 0 Å². The van der Waals surface area contributed by atoms with E-state index in [2.05, 4.69) is 26.5 Å². The number of ether oxygens (including phenoxy) is 3. The molecular weight excluding hydrogens is 424 g/mol. The highest BCUT2D eigenvalue weighted by molar-refractivity contribution is 9.10. The summed E-state index contributed by atoms with van der Waals surface area (Å²) in [5.74, 6) is 1.34. The Morgan fingerprint density at radius 1 is 1.04 bits per heavy atom. The van der Waals surface area contributed by atoms with E-state index < -0.39 is 0 Å². The summed E-state index contributed by atoms with van der Waals surface area (Å²) in [6.07, 6.45) is 1.49.